The Bertz CT molecular complexity index is 795. The van der Waals surface area contributed by atoms with E-state index < -0.39 is 14.9 Å². The number of nitrogens with zero attached hydrogens (tertiary/aromatic N) is 3. The molecule has 0 radical (unpaired) electrons. The zero-order chi connectivity index (χ0) is 15.6. The zero-order valence-electron chi connectivity index (χ0n) is 10.0. The van der Waals surface area contributed by atoms with E-state index in [1.165, 1.54) is 0 Å². The molecule has 1 aromatic carbocycles. The molecule has 1 N–H and O–H groups in total. The van der Waals surface area contributed by atoms with Crippen LogP contribution < -0.4 is 4.72 Å². The molecule has 0 aliphatic rings. The molecular weight excluding hydrogens is 343 g/mol. The Morgan fingerprint density at radius 2 is 1.90 bits per heavy atom. The quantitative estimate of drug-likeness (QED) is 0.670. The highest BCUT2D eigenvalue weighted by atomic mass is 35.5. The van der Waals surface area contributed by atoms with E-state index in [1.54, 1.807) is 0 Å². The van der Waals surface area contributed by atoms with Crippen molar-refractivity contribution in [3.8, 4) is 0 Å². The molecule has 0 saturated carbocycles. The maximum absolute atomic E-state index is 12.1. The van der Waals surface area contributed by atoms with Gasteiger partial charge in [0.2, 0.25) is 0 Å². The van der Waals surface area contributed by atoms with Crippen LogP contribution in [0.3, 0.4) is 0 Å². The first-order valence-electron chi connectivity index (χ1n) is 5.24. The molecule has 110 valence electrons. The lowest BCUT2D eigenvalue weighted by molar-refractivity contribution is -0.384. The molecule has 0 atom stereocenters. The summed E-state index contributed by atoms with van der Waals surface area (Å²) in [5, 5.41) is 10.4. The summed E-state index contributed by atoms with van der Waals surface area (Å²) in [6.07, 6.45) is 2.29. The number of nitrogens with one attached hydrogen (secondary N) is 1. The minimum Gasteiger partial charge on any atom is -0.262 e. The minimum atomic E-state index is -4.05. The second-order valence-corrected chi connectivity index (χ2v) is 6.15. The summed E-state index contributed by atoms with van der Waals surface area (Å²) in [7, 11) is -4.05. The van der Waals surface area contributed by atoms with Gasteiger partial charge < -0.3 is 0 Å². The summed E-state index contributed by atoms with van der Waals surface area (Å²) in [5.74, 6) is -0.0613. The highest BCUT2D eigenvalue weighted by Gasteiger charge is 2.21. The third-order valence-electron chi connectivity index (χ3n) is 2.28. The molecule has 0 aliphatic carbocycles. The average molecular weight is 349 g/mol. The number of nitro benzene ring substituents is 1. The van der Waals surface area contributed by atoms with E-state index in [-0.39, 0.29) is 26.6 Å². The van der Waals surface area contributed by atoms with Crippen molar-refractivity contribution < 1.29 is 13.3 Å². The van der Waals surface area contributed by atoms with Crippen LogP contribution in [0.4, 0.5) is 11.5 Å². The topological polar surface area (TPSA) is 115 Å². The van der Waals surface area contributed by atoms with Crippen LogP contribution in [0.15, 0.2) is 35.5 Å². The van der Waals surface area contributed by atoms with Crippen molar-refractivity contribution in [2.24, 2.45) is 0 Å². The number of anilines is 1. The van der Waals surface area contributed by atoms with Crippen LogP contribution in [0.1, 0.15) is 0 Å². The van der Waals surface area contributed by atoms with E-state index in [1.807, 2.05) is 0 Å². The van der Waals surface area contributed by atoms with Crippen LogP contribution in [0, 0.1) is 10.1 Å². The number of aromatic nitrogens is 2. The average Bonchev–Trinajstić information content (AvgIpc) is 2.40. The van der Waals surface area contributed by atoms with Gasteiger partial charge in [0.25, 0.3) is 15.7 Å². The predicted octanol–water partition coefficient (Wildman–Crippen LogP) is 2.49. The monoisotopic (exact) mass is 348 g/mol. The Morgan fingerprint density at radius 3 is 2.43 bits per heavy atom. The van der Waals surface area contributed by atoms with Gasteiger partial charge in [0, 0.05) is 12.1 Å². The van der Waals surface area contributed by atoms with Crippen molar-refractivity contribution in [3.05, 3.63) is 50.9 Å². The van der Waals surface area contributed by atoms with Crippen LogP contribution in [0.5, 0.6) is 0 Å². The van der Waals surface area contributed by atoms with E-state index >= 15 is 0 Å². The maximum atomic E-state index is 12.1. The number of hydrogen-bond donors (Lipinski definition) is 1. The van der Waals surface area contributed by atoms with Crippen LogP contribution in [0.2, 0.25) is 10.2 Å². The summed E-state index contributed by atoms with van der Waals surface area (Å²) in [5.41, 5.74) is -0.315. The molecule has 0 bridgehead atoms. The van der Waals surface area contributed by atoms with Crippen molar-refractivity contribution in [1.29, 1.82) is 0 Å². The van der Waals surface area contributed by atoms with Crippen molar-refractivity contribution in [2.75, 3.05) is 4.72 Å². The molecular formula is C10H6Cl2N4O4S. The first-order chi connectivity index (χ1) is 9.79. The summed E-state index contributed by atoms with van der Waals surface area (Å²) in [6.45, 7) is 0. The molecule has 0 amide bonds. The first-order valence-corrected chi connectivity index (χ1v) is 7.48. The van der Waals surface area contributed by atoms with Gasteiger partial charge in [0.1, 0.15) is 10.0 Å². The number of halogens is 2. The fraction of sp³-hybridized carbons (Fsp3) is 0. The molecule has 2 rings (SSSR count). The Balaban J connectivity index is 2.35. The van der Waals surface area contributed by atoms with Gasteiger partial charge in [-0.25, -0.2) is 18.4 Å². The van der Waals surface area contributed by atoms with Crippen molar-refractivity contribution >= 4 is 44.7 Å². The summed E-state index contributed by atoms with van der Waals surface area (Å²) < 4.78 is 26.4. The number of benzene rings is 1. The molecule has 0 saturated heterocycles. The lowest BCUT2D eigenvalue weighted by atomic mass is 10.3. The Morgan fingerprint density at radius 1 is 1.19 bits per heavy atom. The van der Waals surface area contributed by atoms with E-state index in [4.69, 9.17) is 23.2 Å². The van der Waals surface area contributed by atoms with Crippen LogP contribution in [0.25, 0.3) is 0 Å². The number of rotatable bonds is 4. The van der Waals surface area contributed by atoms with E-state index in [0.717, 1.165) is 30.6 Å². The molecule has 11 heteroatoms. The smallest absolute Gasteiger partial charge is 0.262 e. The van der Waals surface area contributed by atoms with Crippen molar-refractivity contribution in [3.63, 3.8) is 0 Å². The largest absolute Gasteiger partial charge is 0.271 e. The van der Waals surface area contributed by atoms with Crippen LogP contribution >= 0.6 is 23.2 Å². The SMILES string of the molecule is O=[N+]([O-])c1ccc(S(=O)(=O)Nc2cnc(Cl)cn2)c(Cl)c1. The van der Waals surface area contributed by atoms with Crippen LogP contribution in [-0.4, -0.2) is 23.3 Å². The fourth-order valence-corrected chi connectivity index (χ4v) is 3.01. The lowest BCUT2D eigenvalue weighted by Crippen LogP contribution is -2.14. The predicted molar refractivity (Wildman–Crippen MR) is 76.0 cm³/mol. The van der Waals surface area contributed by atoms with Gasteiger partial charge in [-0.05, 0) is 6.07 Å². The van der Waals surface area contributed by atoms with Gasteiger partial charge in [-0.15, -0.1) is 0 Å². The summed E-state index contributed by atoms with van der Waals surface area (Å²) in [6, 6.07) is 3.02. The minimum absolute atomic E-state index is 0.0613. The Hall–Kier alpha value is -1.97. The molecule has 0 spiro atoms. The summed E-state index contributed by atoms with van der Waals surface area (Å²) >= 11 is 11.3. The van der Waals surface area contributed by atoms with Gasteiger partial charge >= 0.3 is 0 Å². The molecule has 1 heterocycles. The standard InChI is InChI=1S/C10H6Cl2N4O4S/c11-7-3-6(16(17)18)1-2-8(7)21(19,20)15-10-5-13-9(12)4-14-10/h1-5H,(H,14,15). The third kappa shape index (κ3) is 3.57. The van der Waals surface area contributed by atoms with Crippen molar-refractivity contribution in [1.82, 2.24) is 9.97 Å². The molecule has 8 nitrogen and oxygen atoms in total. The van der Waals surface area contributed by atoms with Gasteiger partial charge in [0.05, 0.1) is 22.3 Å². The fourth-order valence-electron chi connectivity index (χ4n) is 1.38. The number of non-ortho nitro benzene ring substituents is 1. The van der Waals surface area contributed by atoms with Gasteiger partial charge in [-0.1, -0.05) is 23.2 Å². The molecule has 1 aromatic heterocycles. The normalized spacial score (nSPS) is 11.1. The Kier molecular flexibility index (Phi) is 4.26. The summed E-state index contributed by atoms with van der Waals surface area (Å²) in [4.78, 5) is 17.0. The lowest BCUT2D eigenvalue weighted by Gasteiger charge is -2.08. The molecule has 0 unspecified atom stereocenters. The number of hydrogen-bond acceptors (Lipinski definition) is 6. The van der Waals surface area contributed by atoms with Gasteiger partial charge in [-0.3, -0.25) is 14.8 Å². The van der Waals surface area contributed by atoms with Crippen LogP contribution in [-0.2, 0) is 10.0 Å². The van der Waals surface area contributed by atoms with E-state index in [9.17, 15) is 18.5 Å². The molecule has 0 aliphatic heterocycles. The highest BCUT2D eigenvalue weighted by Crippen LogP contribution is 2.27. The van der Waals surface area contributed by atoms with Gasteiger partial charge in [0.15, 0.2) is 5.82 Å². The second-order valence-electron chi connectivity index (χ2n) is 3.70. The molecule has 0 fully saturated rings. The molecule has 2 aromatic rings. The zero-order valence-corrected chi connectivity index (χ0v) is 12.4. The number of nitro groups is 1. The third-order valence-corrected chi connectivity index (χ3v) is 4.31. The van der Waals surface area contributed by atoms with Gasteiger partial charge in [-0.2, -0.15) is 0 Å². The van der Waals surface area contributed by atoms with E-state index in [0.29, 0.717) is 0 Å². The molecule has 21 heavy (non-hydrogen) atoms. The first kappa shape index (κ1) is 15.4. The number of sulfonamides is 1. The van der Waals surface area contributed by atoms with Crippen molar-refractivity contribution in [2.45, 2.75) is 4.90 Å². The maximum Gasteiger partial charge on any atom is 0.271 e. The second kappa shape index (κ2) is 5.80. The Labute approximate surface area is 128 Å². The van der Waals surface area contributed by atoms with E-state index in [2.05, 4.69) is 14.7 Å². The highest BCUT2D eigenvalue weighted by molar-refractivity contribution is 7.92.